The van der Waals surface area contributed by atoms with Crippen LogP contribution in [0, 0.1) is 0 Å². The fourth-order valence-corrected chi connectivity index (χ4v) is 3.40. The first-order valence-corrected chi connectivity index (χ1v) is 9.53. The lowest BCUT2D eigenvalue weighted by molar-refractivity contribution is 0.208. The van der Waals surface area contributed by atoms with Gasteiger partial charge in [0, 0.05) is 37.4 Å². The van der Waals surface area contributed by atoms with Crippen molar-refractivity contribution in [3.8, 4) is 11.3 Å². The van der Waals surface area contributed by atoms with Gasteiger partial charge in [-0.1, -0.05) is 48.0 Å². The fourth-order valence-electron chi connectivity index (χ4n) is 3.17. The highest BCUT2D eigenvalue weighted by molar-refractivity contribution is 6.33. The Morgan fingerprint density at radius 2 is 1.57 bits per heavy atom. The molecule has 0 spiro atoms. The molecule has 0 saturated carbocycles. The van der Waals surface area contributed by atoms with E-state index in [2.05, 4.69) is 20.4 Å². The number of hydrogen-bond donors (Lipinski definition) is 1. The van der Waals surface area contributed by atoms with Gasteiger partial charge in [0.25, 0.3) is 0 Å². The monoisotopic (exact) mass is 393 g/mol. The van der Waals surface area contributed by atoms with Crippen molar-refractivity contribution in [2.24, 2.45) is 0 Å². The van der Waals surface area contributed by atoms with Crippen LogP contribution >= 0.6 is 11.6 Å². The van der Waals surface area contributed by atoms with E-state index >= 15 is 0 Å². The van der Waals surface area contributed by atoms with Gasteiger partial charge in [-0.25, -0.2) is 4.79 Å². The van der Waals surface area contributed by atoms with Gasteiger partial charge in [0.2, 0.25) is 0 Å². The zero-order valence-electron chi connectivity index (χ0n) is 15.3. The Balaban J connectivity index is 1.36. The van der Waals surface area contributed by atoms with Crippen molar-refractivity contribution in [1.29, 1.82) is 0 Å². The van der Waals surface area contributed by atoms with Crippen molar-refractivity contribution in [2.45, 2.75) is 0 Å². The molecule has 7 heteroatoms. The third-order valence-electron chi connectivity index (χ3n) is 4.72. The molecule has 2 heterocycles. The lowest BCUT2D eigenvalue weighted by Gasteiger charge is -2.35. The zero-order valence-corrected chi connectivity index (χ0v) is 16.0. The summed E-state index contributed by atoms with van der Waals surface area (Å²) in [5.41, 5.74) is 2.41. The van der Waals surface area contributed by atoms with Crippen molar-refractivity contribution < 1.29 is 4.79 Å². The number of para-hydroxylation sites is 1. The van der Waals surface area contributed by atoms with Crippen LogP contribution in [0.15, 0.2) is 66.7 Å². The highest BCUT2D eigenvalue weighted by Gasteiger charge is 2.22. The number of anilines is 2. The summed E-state index contributed by atoms with van der Waals surface area (Å²) in [6.45, 7) is 2.68. The summed E-state index contributed by atoms with van der Waals surface area (Å²) in [6.07, 6.45) is 0. The number of carbonyl (C=O) groups excluding carboxylic acids is 1. The summed E-state index contributed by atoms with van der Waals surface area (Å²) < 4.78 is 0. The van der Waals surface area contributed by atoms with Gasteiger partial charge in [-0.2, -0.15) is 0 Å². The molecule has 1 fully saturated rings. The van der Waals surface area contributed by atoms with Crippen molar-refractivity contribution in [2.75, 3.05) is 36.4 Å². The Kier molecular flexibility index (Phi) is 5.39. The van der Waals surface area contributed by atoms with Gasteiger partial charge >= 0.3 is 6.03 Å². The highest BCUT2D eigenvalue weighted by atomic mass is 35.5. The van der Waals surface area contributed by atoms with Gasteiger partial charge in [-0.15, -0.1) is 10.2 Å². The predicted octanol–water partition coefficient (Wildman–Crippen LogP) is 4.15. The fraction of sp³-hybridized carbons (Fsp3) is 0.190. The van der Waals surface area contributed by atoms with Gasteiger partial charge in [0.05, 0.1) is 10.7 Å². The van der Waals surface area contributed by atoms with Gasteiger partial charge in [-0.05, 0) is 30.3 Å². The van der Waals surface area contributed by atoms with Crippen molar-refractivity contribution in [1.82, 2.24) is 15.1 Å². The topological polar surface area (TPSA) is 61.4 Å². The van der Waals surface area contributed by atoms with E-state index in [-0.39, 0.29) is 6.03 Å². The number of nitrogens with zero attached hydrogens (tertiary/aromatic N) is 4. The first-order chi connectivity index (χ1) is 13.7. The molecule has 6 nitrogen and oxygen atoms in total. The third kappa shape index (κ3) is 4.07. The summed E-state index contributed by atoms with van der Waals surface area (Å²) in [4.78, 5) is 16.3. The first kappa shape index (κ1) is 18.3. The molecule has 0 aliphatic carbocycles. The van der Waals surface area contributed by atoms with Gasteiger partial charge < -0.3 is 15.1 Å². The highest BCUT2D eigenvalue weighted by Crippen LogP contribution is 2.26. The molecule has 0 radical (unpaired) electrons. The average molecular weight is 394 g/mol. The minimum atomic E-state index is -0.0778. The number of hydrogen-bond acceptors (Lipinski definition) is 4. The first-order valence-electron chi connectivity index (χ1n) is 9.15. The Morgan fingerprint density at radius 3 is 2.25 bits per heavy atom. The van der Waals surface area contributed by atoms with E-state index in [4.69, 9.17) is 11.6 Å². The largest absolute Gasteiger partial charge is 0.352 e. The predicted molar refractivity (Wildman–Crippen MR) is 112 cm³/mol. The van der Waals surface area contributed by atoms with E-state index in [1.807, 2.05) is 71.6 Å². The van der Waals surface area contributed by atoms with E-state index < -0.39 is 0 Å². The summed E-state index contributed by atoms with van der Waals surface area (Å²) in [5.74, 6) is 0.805. The van der Waals surface area contributed by atoms with Crippen molar-refractivity contribution in [3.63, 3.8) is 0 Å². The maximum Gasteiger partial charge on any atom is 0.321 e. The summed E-state index contributed by atoms with van der Waals surface area (Å²) in [6, 6.07) is 20.9. The summed E-state index contributed by atoms with van der Waals surface area (Å²) >= 11 is 6.23. The number of piperazine rings is 1. The SMILES string of the molecule is O=C(Nc1ccccc1)N1CCN(c2ccc(-c3ccccc3Cl)nn2)CC1. The second kappa shape index (κ2) is 8.27. The van der Waals surface area contributed by atoms with Crippen LogP contribution in [0.25, 0.3) is 11.3 Å². The number of carbonyl (C=O) groups is 1. The number of halogens is 1. The van der Waals surface area contributed by atoms with Gasteiger partial charge in [0.1, 0.15) is 0 Å². The molecule has 0 unspecified atom stereocenters. The Hall–Kier alpha value is -3.12. The molecule has 142 valence electrons. The van der Waals surface area contributed by atoms with E-state index in [0.29, 0.717) is 31.2 Å². The van der Waals surface area contributed by atoms with Crippen LogP contribution in [-0.2, 0) is 0 Å². The molecule has 28 heavy (non-hydrogen) atoms. The van der Waals surface area contributed by atoms with Gasteiger partial charge in [-0.3, -0.25) is 0 Å². The molecule has 1 N–H and O–H groups in total. The molecule has 2 aromatic carbocycles. The molecule has 1 aliphatic heterocycles. The second-order valence-corrected chi connectivity index (χ2v) is 6.93. The number of urea groups is 1. The third-order valence-corrected chi connectivity index (χ3v) is 5.05. The zero-order chi connectivity index (χ0) is 19.3. The Labute approximate surface area is 168 Å². The van der Waals surface area contributed by atoms with Crippen LogP contribution in [0.1, 0.15) is 0 Å². The van der Waals surface area contributed by atoms with E-state index in [0.717, 1.165) is 22.8 Å². The van der Waals surface area contributed by atoms with E-state index in [1.54, 1.807) is 0 Å². The van der Waals surface area contributed by atoms with Crippen LogP contribution in [0.2, 0.25) is 5.02 Å². The maximum atomic E-state index is 12.4. The molecule has 1 aliphatic rings. The van der Waals surface area contributed by atoms with Crippen LogP contribution in [0.5, 0.6) is 0 Å². The molecule has 4 rings (SSSR count). The summed E-state index contributed by atoms with van der Waals surface area (Å²) in [7, 11) is 0. The summed E-state index contributed by atoms with van der Waals surface area (Å²) in [5, 5.41) is 12.3. The minimum absolute atomic E-state index is 0.0778. The molecular weight excluding hydrogens is 374 g/mol. The van der Waals surface area contributed by atoms with Crippen LogP contribution in [0.4, 0.5) is 16.3 Å². The van der Waals surface area contributed by atoms with Crippen molar-refractivity contribution in [3.05, 3.63) is 71.8 Å². The van der Waals surface area contributed by atoms with Crippen LogP contribution in [-0.4, -0.2) is 47.3 Å². The second-order valence-electron chi connectivity index (χ2n) is 6.53. The lowest BCUT2D eigenvalue weighted by Crippen LogP contribution is -2.50. The number of benzene rings is 2. The molecule has 1 aromatic heterocycles. The minimum Gasteiger partial charge on any atom is -0.352 e. The number of aromatic nitrogens is 2. The van der Waals surface area contributed by atoms with Gasteiger partial charge in [0.15, 0.2) is 5.82 Å². The Morgan fingerprint density at radius 1 is 0.857 bits per heavy atom. The normalized spacial score (nSPS) is 14.0. The van der Waals surface area contributed by atoms with E-state index in [1.165, 1.54) is 0 Å². The van der Waals surface area contributed by atoms with Crippen molar-refractivity contribution >= 4 is 29.1 Å². The van der Waals surface area contributed by atoms with Crippen LogP contribution < -0.4 is 10.2 Å². The quantitative estimate of drug-likeness (QED) is 0.726. The molecule has 0 atom stereocenters. The number of nitrogens with one attached hydrogen (secondary N) is 1. The standard InChI is InChI=1S/C21H20ClN5O/c22-18-9-5-4-8-17(18)19-10-11-20(25-24-19)26-12-14-27(15-13-26)21(28)23-16-6-2-1-3-7-16/h1-11H,12-15H2,(H,23,28). The maximum absolute atomic E-state index is 12.4. The molecular formula is C21H20ClN5O. The molecule has 1 saturated heterocycles. The average Bonchev–Trinajstić information content (AvgIpc) is 2.75. The smallest absolute Gasteiger partial charge is 0.321 e. The van der Waals surface area contributed by atoms with E-state index in [9.17, 15) is 4.79 Å². The molecule has 2 amide bonds. The molecule has 3 aromatic rings. The number of amides is 2. The lowest BCUT2D eigenvalue weighted by atomic mass is 10.1. The molecule has 0 bridgehead atoms. The number of rotatable bonds is 3. The van der Waals surface area contributed by atoms with Crippen LogP contribution in [0.3, 0.4) is 0 Å². The Bertz CT molecular complexity index is 941.